The number of carbonyl (C=O) groups is 1. The van der Waals surface area contributed by atoms with Gasteiger partial charge in [-0.05, 0) is 56.0 Å². The first-order valence-electron chi connectivity index (χ1n) is 10.0. The molecule has 1 aliphatic heterocycles. The van der Waals surface area contributed by atoms with Gasteiger partial charge in [-0.3, -0.25) is 4.79 Å². The summed E-state index contributed by atoms with van der Waals surface area (Å²) in [6.45, 7) is 3.36. The molecule has 0 aliphatic carbocycles. The predicted octanol–water partition coefficient (Wildman–Crippen LogP) is 4.04. The lowest BCUT2D eigenvalue weighted by Crippen LogP contribution is -2.43. The summed E-state index contributed by atoms with van der Waals surface area (Å²) in [5, 5.41) is 0. The summed E-state index contributed by atoms with van der Waals surface area (Å²) in [6.07, 6.45) is 4.08. The molecule has 1 aromatic heterocycles. The van der Waals surface area contributed by atoms with Crippen LogP contribution in [-0.4, -0.2) is 40.1 Å². The monoisotopic (exact) mass is 377 g/mol. The minimum atomic E-state index is 0.186. The first kappa shape index (κ1) is 18.5. The fraction of sp³-hybridized carbons (Fsp3) is 0.391. The van der Waals surface area contributed by atoms with Crippen LogP contribution in [0.15, 0.2) is 48.5 Å². The lowest BCUT2D eigenvalue weighted by molar-refractivity contribution is -0.135. The van der Waals surface area contributed by atoms with Gasteiger partial charge in [-0.25, -0.2) is 4.98 Å². The molecule has 1 atom stereocenters. The Kier molecular flexibility index (Phi) is 5.33. The summed E-state index contributed by atoms with van der Waals surface area (Å²) in [6, 6.07) is 16.4. The fourth-order valence-corrected chi connectivity index (χ4v) is 4.06. The minimum absolute atomic E-state index is 0.186. The number of amides is 1. The molecule has 4 rings (SSSR count). The van der Waals surface area contributed by atoms with Crippen molar-refractivity contribution in [1.29, 1.82) is 0 Å². The number of hydrogen-bond donors (Lipinski definition) is 0. The highest BCUT2D eigenvalue weighted by atomic mass is 16.5. The van der Waals surface area contributed by atoms with Crippen molar-refractivity contribution in [1.82, 2.24) is 14.5 Å². The van der Waals surface area contributed by atoms with Crippen LogP contribution in [0.5, 0.6) is 5.75 Å². The number of methoxy groups -OCH3 is 1. The molecule has 1 unspecified atom stereocenters. The van der Waals surface area contributed by atoms with Crippen molar-refractivity contribution in [2.45, 2.75) is 45.2 Å². The third-order valence-corrected chi connectivity index (χ3v) is 5.67. The van der Waals surface area contributed by atoms with Gasteiger partial charge in [-0.15, -0.1) is 0 Å². The highest BCUT2D eigenvalue weighted by molar-refractivity contribution is 5.81. The Labute approximate surface area is 165 Å². The van der Waals surface area contributed by atoms with Gasteiger partial charge in [0.2, 0.25) is 5.91 Å². The largest absolute Gasteiger partial charge is 0.497 e. The van der Waals surface area contributed by atoms with Crippen molar-refractivity contribution in [2.24, 2.45) is 0 Å². The molecule has 5 nitrogen and oxygen atoms in total. The molecular formula is C23H27N3O2. The number of imidazole rings is 1. The molecule has 1 fully saturated rings. The Morgan fingerprint density at radius 2 is 1.93 bits per heavy atom. The SMILES string of the molecule is COc1ccc(Cc2nc3ccccc3n2CC(=O)N2CCCCC2C)cc1. The van der Waals surface area contributed by atoms with E-state index in [4.69, 9.17) is 9.72 Å². The first-order chi connectivity index (χ1) is 13.7. The van der Waals surface area contributed by atoms with Crippen LogP contribution in [0.4, 0.5) is 0 Å². The second kappa shape index (κ2) is 8.05. The molecule has 2 heterocycles. The number of para-hydroxylation sites is 2. The van der Waals surface area contributed by atoms with E-state index in [1.807, 2.05) is 41.3 Å². The van der Waals surface area contributed by atoms with E-state index >= 15 is 0 Å². The standard InChI is InChI=1S/C23H27N3O2/c1-17-7-5-6-14-25(17)23(27)16-26-21-9-4-3-8-20(21)24-22(26)15-18-10-12-19(28-2)13-11-18/h3-4,8-13,17H,5-7,14-16H2,1-2H3. The van der Waals surface area contributed by atoms with Crippen molar-refractivity contribution < 1.29 is 9.53 Å². The molecule has 0 N–H and O–H groups in total. The van der Waals surface area contributed by atoms with Gasteiger partial charge in [-0.1, -0.05) is 24.3 Å². The van der Waals surface area contributed by atoms with E-state index < -0.39 is 0 Å². The third-order valence-electron chi connectivity index (χ3n) is 5.67. The predicted molar refractivity (Wildman–Crippen MR) is 111 cm³/mol. The summed E-state index contributed by atoms with van der Waals surface area (Å²) in [4.78, 5) is 19.9. The summed E-state index contributed by atoms with van der Waals surface area (Å²) >= 11 is 0. The van der Waals surface area contributed by atoms with Gasteiger partial charge in [-0.2, -0.15) is 0 Å². The Bertz CT molecular complexity index is 962. The van der Waals surface area contributed by atoms with E-state index in [0.717, 1.165) is 47.6 Å². The molecule has 0 radical (unpaired) electrons. The third kappa shape index (κ3) is 3.75. The van der Waals surface area contributed by atoms with Gasteiger partial charge in [0.15, 0.2) is 0 Å². The summed E-state index contributed by atoms with van der Waals surface area (Å²) in [7, 11) is 1.67. The summed E-state index contributed by atoms with van der Waals surface area (Å²) in [5.74, 6) is 1.95. The van der Waals surface area contributed by atoms with Crippen LogP contribution in [0.1, 0.15) is 37.6 Å². The molecule has 1 amide bonds. The highest BCUT2D eigenvalue weighted by Crippen LogP contribution is 2.22. The number of aromatic nitrogens is 2. The van der Waals surface area contributed by atoms with Gasteiger partial charge < -0.3 is 14.2 Å². The summed E-state index contributed by atoms with van der Waals surface area (Å²) in [5.41, 5.74) is 3.10. The van der Waals surface area contributed by atoms with Crippen molar-refractivity contribution in [3.63, 3.8) is 0 Å². The van der Waals surface area contributed by atoms with Crippen LogP contribution < -0.4 is 4.74 Å². The second-order valence-corrected chi connectivity index (χ2v) is 7.56. The van der Waals surface area contributed by atoms with Gasteiger partial charge in [0.05, 0.1) is 18.1 Å². The van der Waals surface area contributed by atoms with E-state index in [2.05, 4.69) is 23.6 Å². The number of nitrogens with zero attached hydrogens (tertiary/aromatic N) is 3. The van der Waals surface area contributed by atoms with Gasteiger partial charge in [0.25, 0.3) is 0 Å². The summed E-state index contributed by atoms with van der Waals surface area (Å²) < 4.78 is 7.34. The van der Waals surface area contributed by atoms with Crippen LogP contribution in [0.25, 0.3) is 11.0 Å². The van der Waals surface area contributed by atoms with Crippen LogP contribution >= 0.6 is 0 Å². The number of carbonyl (C=O) groups excluding carboxylic acids is 1. The lowest BCUT2D eigenvalue weighted by Gasteiger charge is -2.33. The molecule has 0 spiro atoms. The minimum Gasteiger partial charge on any atom is -0.497 e. The normalized spacial score (nSPS) is 17.1. The molecule has 1 aliphatic rings. The van der Waals surface area contributed by atoms with Crippen molar-refractivity contribution in [3.8, 4) is 5.75 Å². The van der Waals surface area contributed by atoms with E-state index in [-0.39, 0.29) is 5.91 Å². The van der Waals surface area contributed by atoms with Crippen molar-refractivity contribution >= 4 is 16.9 Å². The number of rotatable bonds is 5. The molecule has 0 bridgehead atoms. The van der Waals surface area contributed by atoms with E-state index in [1.54, 1.807) is 7.11 Å². The van der Waals surface area contributed by atoms with Crippen molar-refractivity contribution in [3.05, 3.63) is 59.9 Å². The van der Waals surface area contributed by atoms with E-state index in [0.29, 0.717) is 19.0 Å². The fourth-order valence-electron chi connectivity index (χ4n) is 4.06. The average Bonchev–Trinajstić information content (AvgIpc) is 3.06. The topological polar surface area (TPSA) is 47.4 Å². The Morgan fingerprint density at radius 1 is 1.14 bits per heavy atom. The van der Waals surface area contributed by atoms with E-state index in [9.17, 15) is 4.79 Å². The molecule has 28 heavy (non-hydrogen) atoms. The Hall–Kier alpha value is -2.82. The molecular weight excluding hydrogens is 350 g/mol. The molecule has 3 aromatic rings. The molecule has 2 aromatic carbocycles. The lowest BCUT2D eigenvalue weighted by atomic mass is 10.0. The number of piperidine rings is 1. The van der Waals surface area contributed by atoms with Gasteiger partial charge in [0, 0.05) is 19.0 Å². The zero-order valence-electron chi connectivity index (χ0n) is 16.6. The quantitative estimate of drug-likeness (QED) is 0.674. The van der Waals surface area contributed by atoms with Gasteiger partial charge >= 0.3 is 0 Å². The highest BCUT2D eigenvalue weighted by Gasteiger charge is 2.24. The number of hydrogen-bond acceptors (Lipinski definition) is 3. The maximum atomic E-state index is 13.1. The zero-order valence-corrected chi connectivity index (χ0v) is 16.6. The van der Waals surface area contributed by atoms with Crippen LogP contribution in [0.3, 0.4) is 0 Å². The van der Waals surface area contributed by atoms with Crippen LogP contribution in [-0.2, 0) is 17.8 Å². The zero-order chi connectivity index (χ0) is 19.5. The first-order valence-corrected chi connectivity index (χ1v) is 10.0. The number of benzene rings is 2. The van der Waals surface area contributed by atoms with E-state index in [1.165, 1.54) is 6.42 Å². The Morgan fingerprint density at radius 3 is 2.68 bits per heavy atom. The Balaban J connectivity index is 1.63. The number of ether oxygens (including phenoxy) is 1. The molecule has 0 saturated carbocycles. The molecule has 146 valence electrons. The maximum absolute atomic E-state index is 13.1. The molecule has 5 heteroatoms. The van der Waals surface area contributed by atoms with Crippen LogP contribution in [0.2, 0.25) is 0 Å². The molecule has 1 saturated heterocycles. The smallest absolute Gasteiger partial charge is 0.242 e. The van der Waals surface area contributed by atoms with Crippen molar-refractivity contribution in [2.75, 3.05) is 13.7 Å². The van der Waals surface area contributed by atoms with Gasteiger partial charge in [0.1, 0.15) is 18.1 Å². The number of likely N-dealkylation sites (tertiary alicyclic amines) is 1. The second-order valence-electron chi connectivity index (χ2n) is 7.56. The number of fused-ring (bicyclic) bond motifs is 1. The van der Waals surface area contributed by atoms with Crippen LogP contribution in [0, 0.1) is 0 Å². The maximum Gasteiger partial charge on any atom is 0.242 e. The average molecular weight is 377 g/mol.